The molecule has 0 aliphatic heterocycles. The predicted molar refractivity (Wildman–Crippen MR) is 76.6 cm³/mol. The van der Waals surface area contributed by atoms with E-state index in [4.69, 9.17) is 16.3 Å². The van der Waals surface area contributed by atoms with Gasteiger partial charge in [-0.25, -0.2) is 0 Å². The van der Waals surface area contributed by atoms with Crippen molar-refractivity contribution in [1.29, 1.82) is 0 Å². The Morgan fingerprint density at radius 3 is 2.83 bits per heavy atom. The van der Waals surface area contributed by atoms with E-state index in [1.165, 1.54) is 31.2 Å². The quantitative estimate of drug-likeness (QED) is 0.895. The molecule has 1 aromatic rings. The van der Waals surface area contributed by atoms with Crippen LogP contribution >= 0.6 is 11.6 Å². The van der Waals surface area contributed by atoms with Crippen molar-refractivity contribution in [2.24, 2.45) is 5.92 Å². The van der Waals surface area contributed by atoms with Gasteiger partial charge in [0, 0.05) is 0 Å². The molecular formula is C15H22ClNO. The summed E-state index contributed by atoms with van der Waals surface area (Å²) in [6.45, 7) is 1.09. The van der Waals surface area contributed by atoms with Gasteiger partial charge >= 0.3 is 0 Å². The predicted octanol–water partition coefficient (Wildman–Crippen LogP) is 3.84. The number of ether oxygens (including phenoxy) is 1. The zero-order valence-electron chi connectivity index (χ0n) is 11.2. The van der Waals surface area contributed by atoms with E-state index >= 15 is 0 Å². The Hall–Kier alpha value is -0.730. The molecule has 100 valence electrons. The van der Waals surface area contributed by atoms with Crippen LogP contribution in [-0.4, -0.2) is 20.7 Å². The van der Waals surface area contributed by atoms with Gasteiger partial charge in [-0.3, -0.25) is 0 Å². The number of nitrogens with one attached hydrogen (secondary N) is 1. The molecule has 0 radical (unpaired) electrons. The molecule has 0 bridgehead atoms. The van der Waals surface area contributed by atoms with Crippen LogP contribution in [0, 0.1) is 5.92 Å². The first-order chi connectivity index (χ1) is 8.76. The van der Waals surface area contributed by atoms with E-state index in [0.717, 1.165) is 18.2 Å². The van der Waals surface area contributed by atoms with E-state index in [-0.39, 0.29) is 0 Å². The highest BCUT2D eigenvalue weighted by Crippen LogP contribution is 2.39. The van der Waals surface area contributed by atoms with Crippen molar-refractivity contribution in [3.8, 4) is 5.75 Å². The first-order valence-corrected chi connectivity index (χ1v) is 7.12. The van der Waals surface area contributed by atoms with Crippen LogP contribution in [0.2, 0.25) is 5.02 Å². The Morgan fingerprint density at radius 1 is 1.33 bits per heavy atom. The zero-order valence-corrected chi connectivity index (χ0v) is 12.0. The molecule has 1 aliphatic rings. The maximum Gasteiger partial charge on any atom is 0.137 e. The first kappa shape index (κ1) is 13.7. The zero-order chi connectivity index (χ0) is 13.0. The molecule has 1 aromatic carbocycles. The summed E-state index contributed by atoms with van der Waals surface area (Å²) in [4.78, 5) is 0. The minimum absolute atomic E-state index is 0.636. The Bertz CT molecular complexity index is 392. The van der Waals surface area contributed by atoms with E-state index in [0.29, 0.717) is 10.9 Å². The second kappa shape index (κ2) is 6.44. The Kier molecular flexibility index (Phi) is 4.90. The van der Waals surface area contributed by atoms with Gasteiger partial charge in [0.05, 0.1) is 12.1 Å². The fourth-order valence-electron chi connectivity index (χ4n) is 3.06. The minimum Gasteiger partial charge on any atom is -0.495 e. The number of rotatable bonds is 4. The van der Waals surface area contributed by atoms with Crippen LogP contribution in [0.4, 0.5) is 0 Å². The molecule has 1 N–H and O–H groups in total. The average Bonchev–Trinajstić information content (AvgIpc) is 2.40. The van der Waals surface area contributed by atoms with Gasteiger partial charge in [0.1, 0.15) is 5.75 Å². The standard InChI is InChI=1S/C15H22ClNO/c1-17-10-12-5-3-4-6-13(12)11-7-8-14(16)15(9-11)18-2/h7-9,12-13,17H,3-6,10H2,1-2H3. The molecule has 1 fully saturated rings. The number of halogens is 1. The lowest BCUT2D eigenvalue weighted by molar-refractivity contribution is 0.300. The molecule has 0 aromatic heterocycles. The van der Waals surface area contributed by atoms with Gasteiger partial charge in [-0.2, -0.15) is 0 Å². The number of benzene rings is 1. The fourth-order valence-corrected chi connectivity index (χ4v) is 3.25. The van der Waals surface area contributed by atoms with E-state index in [2.05, 4.69) is 17.4 Å². The fraction of sp³-hybridized carbons (Fsp3) is 0.600. The van der Waals surface area contributed by atoms with Crippen LogP contribution in [0.25, 0.3) is 0 Å². The van der Waals surface area contributed by atoms with E-state index < -0.39 is 0 Å². The summed E-state index contributed by atoms with van der Waals surface area (Å²) in [5.74, 6) is 2.16. The molecule has 2 atom stereocenters. The average molecular weight is 268 g/mol. The van der Waals surface area contributed by atoms with Crippen LogP contribution in [-0.2, 0) is 0 Å². The SMILES string of the molecule is CNCC1CCCCC1c1ccc(Cl)c(OC)c1. The first-order valence-electron chi connectivity index (χ1n) is 6.74. The van der Waals surface area contributed by atoms with Crippen molar-refractivity contribution in [2.75, 3.05) is 20.7 Å². The van der Waals surface area contributed by atoms with E-state index in [1.54, 1.807) is 7.11 Å². The van der Waals surface area contributed by atoms with Crippen molar-refractivity contribution < 1.29 is 4.74 Å². The highest BCUT2D eigenvalue weighted by Gasteiger charge is 2.26. The highest BCUT2D eigenvalue weighted by atomic mass is 35.5. The van der Waals surface area contributed by atoms with E-state index in [9.17, 15) is 0 Å². The third-order valence-electron chi connectivity index (χ3n) is 3.98. The summed E-state index contributed by atoms with van der Waals surface area (Å²) in [5, 5.41) is 4.02. The third-order valence-corrected chi connectivity index (χ3v) is 4.29. The minimum atomic E-state index is 0.636. The van der Waals surface area contributed by atoms with Crippen molar-refractivity contribution in [3.05, 3.63) is 28.8 Å². The van der Waals surface area contributed by atoms with Gasteiger partial charge in [-0.1, -0.05) is 30.5 Å². The van der Waals surface area contributed by atoms with Crippen LogP contribution in [0.1, 0.15) is 37.2 Å². The molecule has 18 heavy (non-hydrogen) atoms. The second-order valence-electron chi connectivity index (χ2n) is 5.10. The van der Waals surface area contributed by atoms with Crippen LogP contribution in [0.15, 0.2) is 18.2 Å². The third kappa shape index (κ3) is 2.99. The molecule has 0 spiro atoms. The number of methoxy groups -OCH3 is 1. The van der Waals surface area contributed by atoms with Crippen molar-refractivity contribution in [2.45, 2.75) is 31.6 Å². The van der Waals surface area contributed by atoms with Crippen LogP contribution in [0.3, 0.4) is 0 Å². The summed E-state index contributed by atoms with van der Waals surface area (Å²) < 4.78 is 5.32. The molecule has 2 rings (SSSR count). The molecule has 0 amide bonds. The second-order valence-corrected chi connectivity index (χ2v) is 5.51. The Labute approximate surface area is 115 Å². The molecule has 1 aliphatic carbocycles. The van der Waals surface area contributed by atoms with Gasteiger partial charge < -0.3 is 10.1 Å². The van der Waals surface area contributed by atoms with Gasteiger partial charge in [0.2, 0.25) is 0 Å². The van der Waals surface area contributed by atoms with Gasteiger partial charge in [-0.15, -0.1) is 0 Å². The normalized spacial score (nSPS) is 23.9. The topological polar surface area (TPSA) is 21.3 Å². The monoisotopic (exact) mass is 267 g/mol. The molecule has 3 heteroatoms. The van der Waals surface area contributed by atoms with Crippen LogP contribution in [0.5, 0.6) is 5.75 Å². The van der Waals surface area contributed by atoms with Crippen molar-refractivity contribution in [3.63, 3.8) is 0 Å². The highest BCUT2D eigenvalue weighted by molar-refractivity contribution is 6.32. The largest absolute Gasteiger partial charge is 0.495 e. The van der Waals surface area contributed by atoms with Gasteiger partial charge in [0.15, 0.2) is 0 Å². The van der Waals surface area contributed by atoms with Gasteiger partial charge in [-0.05, 0) is 56.0 Å². The van der Waals surface area contributed by atoms with Crippen molar-refractivity contribution >= 4 is 11.6 Å². The number of hydrogen-bond donors (Lipinski definition) is 1. The smallest absolute Gasteiger partial charge is 0.137 e. The van der Waals surface area contributed by atoms with E-state index in [1.807, 2.05) is 13.1 Å². The maximum atomic E-state index is 6.10. The summed E-state index contributed by atoms with van der Waals surface area (Å²) in [6.07, 6.45) is 5.27. The Balaban J connectivity index is 2.22. The lowest BCUT2D eigenvalue weighted by atomic mass is 9.75. The summed E-state index contributed by atoms with van der Waals surface area (Å²) in [6, 6.07) is 6.23. The summed E-state index contributed by atoms with van der Waals surface area (Å²) in [5.41, 5.74) is 1.37. The summed E-state index contributed by atoms with van der Waals surface area (Å²) in [7, 11) is 3.71. The molecule has 0 heterocycles. The molecule has 2 nitrogen and oxygen atoms in total. The molecule has 1 saturated carbocycles. The Morgan fingerprint density at radius 2 is 2.11 bits per heavy atom. The number of hydrogen-bond acceptors (Lipinski definition) is 2. The van der Waals surface area contributed by atoms with Crippen molar-refractivity contribution in [1.82, 2.24) is 5.32 Å². The molecule has 0 saturated heterocycles. The molecular weight excluding hydrogens is 246 g/mol. The lowest BCUT2D eigenvalue weighted by Crippen LogP contribution is -2.27. The lowest BCUT2D eigenvalue weighted by Gasteiger charge is -2.32. The maximum absolute atomic E-state index is 6.10. The van der Waals surface area contributed by atoms with Gasteiger partial charge in [0.25, 0.3) is 0 Å². The molecule has 2 unspecified atom stereocenters. The van der Waals surface area contributed by atoms with Crippen LogP contribution < -0.4 is 10.1 Å². The summed E-state index contributed by atoms with van der Waals surface area (Å²) >= 11 is 6.10.